The smallest absolute Gasteiger partial charge is 0.319 e. The number of hydrogen-bond acceptors (Lipinski definition) is 7. The second kappa shape index (κ2) is 23.7. The SMILES string of the molecule is C[C@@H]1CN(C(Cc2ccc(Cc3cccc(F)c3)c(O)c2)c2ccccc2C2(C)CCN(C(=O)N3CCC(C)(c4ccccc4C(Cc4ccc(Cc5cccc(F)c5)c(O)c4)N4C[C@@H](C)NC[C@@H]4C)CC3)CC2)[C@@H](C)CN1. The summed E-state index contributed by atoms with van der Waals surface area (Å²) in [6.45, 7) is 20.3. The molecule has 78 heavy (non-hydrogen) atoms. The number of aromatic hydroxyl groups is 2. The number of nitrogens with zero attached hydrogens (tertiary/aromatic N) is 4. The van der Waals surface area contributed by atoms with Crippen LogP contribution in [0.15, 0.2) is 133 Å². The molecule has 0 saturated carbocycles. The van der Waals surface area contributed by atoms with Crippen LogP contribution < -0.4 is 10.6 Å². The maximum absolute atomic E-state index is 14.6. The number of urea groups is 1. The summed E-state index contributed by atoms with van der Waals surface area (Å²) in [5, 5.41) is 30.1. The molecular weight excluding hydrogens is 975 g/mol. The van der Waals surface area contributed by atoms with Gasteiger partial charge < -0.3 is 30.6 Å². The fourth-order valence-electron chi connectivity index (χ4n) is 13.5. The van der Waals surface area contributed by atoms with Gasteiger partial charge in [0.05, 0.1) is 0 Å². The molecule has 0 aliphatic carbocycles. The molecule has 6 aromatic carbocycles. The van der Waals surface area contributed by atoms with Crippen LogP contribution in [0.1, 0.15) is 135 Å². The van der Waals surface area contributed by atoms with E-state index in [0.717, 1.165) is 98.1 Å². The number of carbonyl (C=O) groups excluding carboxylic acids is 1. The van der Waals surface area contributed by atoms with Gasteiger partial charge in [-0.05, 0) is 169 Å². The molecule has 10 rings (SSSR count). The van der Waals surface area contributed by atoms with Crippen LogP contribution in [-0.4, -0.2) is 112 Å². The molecule has 4 aliphatic heterocycles. The Hall–Kier alpha value is -6.11. The topological polar surface area (TPSA) is 94.5 Å². The first-order chi connectivity index (χ1) is 37.5. The third-order valence-electron chi connectivity index (χ3n) is 18.4. The van der Waals surface area contributed by atoms with Crippen LogP contribution in [0.25, 0.3) is 0 Å². The van der Waals surface area contributed by atoms with Gasteiger partial charge in [-0.1, -0.05) is 111 Å². The van der Waals surface area contributed by atoms with Crippen molar-refractivity contribution in [1.29, 1.82) is 0 Å². The molecule has 0 aromatic heterocycles. The Kier molecular flexibility index (Phi) is 16.8. The van der Waals surface area contributed by atoms with E-state index in [1.54, 1.807) is 12.1 Å². The second-order valence-electron chi connectivity index (χ2n) is 24.2. The fourth-order valence-corrected chi connectivity index (χ4v) is 13.5. The number of amides is 2. The van der Waals surface area contributed by atoms with E-state index in [9.17, 15) is 23.8 Å². The minimum atomic E-state index is -0.277. The predicted octanol–water partition coefficient (Wildman–Crippen LogP) is 12.0. The lowest BCUT2D eigenvalue weighted by atomic mass is 9.71. The van der Waals surface area contributed by atoms with Gasteiger partial charge in [0.25, 0.3) is 0 Å². The monoisotopic (exact) mass is 1060 g/mol. The van der Waals surface area contributed by atoms with E-state index >= 15 is 0 Å². The summed E-state index contributed by atoms with van der Waals surface area (Å²) in [4.78, 5) is 24.2. The molecule has 6 aromatic rings. The standard InChI is InChI=1S/C67H82F2N6O3/c1-45-43-74(47(3)41-70-45)61(37-51-21-23-53(63(76)39-51)33-49-13-11-15-55(68)35-49)57-17-7-9-19-59(57)66(5)25-29-72(30-26-66)65(78)73-31-27-67(6,28-32-73)60-20-10-8-18-58(60)62(75-44-46(2)71-42-48(75)4)38-52-22-24-54(64(77)40-52)34-50-14-12-16-56(69)36-50/h7-24,35-36,39-40,45-48,61-62,70-71,76-77H,25-34,37-38,41-44H2,1-6H3/t45-,46-,47+,48+,61?,62?/m1/s1. The first-order valence-electron chi connectivity index (χ1n) is 28.8. The van der Waals surface area contributed by atoms with Gasteiger partial charge in [0.15, 0.2) is 0 Å². The Labute approximate surface area is 462 Å². The summed E-state index contributed by atoms with van der Waals surface area (Å²) in [7, 11) is 0. The van der Waals surface area contributed by atoms with Crippen molar-refractivity contribution in [2.75, 3.05) is 52.4 Å². The van der Waals surface area contributed by atoms with Crippen LogP contribution >= 0.6 is 0 Å². The van der Waals surface area contributed by atoms with Crippen molar-refractivity contribution in [3.8, 4) is 11.5 Å². The Morgan fingerprint density at radius 1 is 0.538 bits per heavy atom. The van der Waals surface area contributed by atoms with E-state index in [2.05, 4.69) is 132 Å². The number of phenols is 2. The highest BCUT2D eigenvalue weighted by atomic mass is 19.1. The molecule has 4 heterocycles. The summed E-state index contributed by atoms with van der Waals surface area (Å²) in [5.41, 5.74) is 10.4. The molecule has 6 atom stereocenters. The maximum atomic E-state index is 14.6. The van der Waals surface area contributed by atoms with Crippen molar-refractivity contribution < 1.29 is 23.8 Å². The second-order valence-corrected chi connectivity index (χ2v) is 24.2. The summed E-state index contributed by atoms with van der Waals surface area (Å²) in [6, 6.07) is 44.7. The molecule has 4 saturated heterocycles. The van der Waals surface area contributed by atoms with Crippen molar-refractivity contribution in [2.45, 2.75) is 140 Å². The number of piperidine rings is 2. The van der Waals surface area contributed by atoms with E-state index in [4.69, 9.17) is 0 Å². The highest BCUT2D eigenvalue weighted by Crippen LogP contribution is 2.45. The van der Waals surface area contributed by atoms with Crippen molar-refractivity contribution >= 4 is 6.03 Å². The molecule has 0 radical (unpaired) electrons. The number of nitrogens with one attached hydrogen (secondary N) is 2. The number of benzene rings is 6. The van der Waals surface area contributed by atoms with Crippen LogP contribution in [0.4, 0.5) is 13.6 Å². The van der Waals surface area contributed by atoms with E-state index in [0.29, 0.717) is 63.2 Å². The highest BCUT2D eigenvalue weighted by Gasteiger charge is 2.42. The van der Waals surface area contributed by atoms with Gasteiger partial charge in [-0.2, -0.15) is 0 Å². The van der Waals surface area contributed by atoms with Gasteiger partial charge in [0.1, 0.15) is 23.1 Å². The highest BCUT2D eigenvalue weighted by molar-refractivity contribution is 5.75. The molecule has 11 heteroatoms. The average molecular weight is 1060 g/mol. The number of hydrogen-bond donors (Lipinski definition) is 4. The third kappa shape index (κ3) is 12.3. The number of carbonyl (C=O) groups is 1. The van der Waals surface area contributed by atoms with Gasteiger partial charge in [-0.3, -0.25) is 9.80 Å². The number of piperazine rings is 2. The van der Waals surface area contributed by atoms with E-state index < -0.39 is 0 Å². The van der Waals surface area contributed by atoms with Crippen LogP contribution in [0, 0.1) is 11.6 Å². The number of rotatable bonds is 14. The fraction of sp³-hybridized carbons (Fsp3) is 0.448. The summed E-state index contributed by atoms with van der Waals surface area (Å²) in [5.74, 6) is -0.0846. The van der Waals surface area contributed by atoms with Gasteiger partial charge in [0, 0.05) is 101 Å². The van der Waals surface area contributed by atoms with Gasteiger partial charge >= 0.3 is 6.03 Å². The van der Waals surface area contributed by atoms with E-state index in [1.807, 2.05) is 36.4 Å². The molecule has 2 unspecified atom stereocenters. The number of likely N-dealkylation sites (tertiary alicyclic amines) is 2. The molecule has 0 bridgehead atoms. The molecule has 4 aliphatic rings. The Balaban J connectivity index is 0.830. The van der Waals surface area contributed by atoms with E-state index in [1.165, 1.54) is 46.5 Å². The zero-order chi connectivity index (χ0) is 54.7. The van der Waals surface area contributed by atoms with Crippen molar-refractivity contribution in [2.24, 2.45) is 0 Å². The molecular formula is C67H82F2N6O3. The molecule has 412 valence electrons. The van der Waals surface area contributed by atoms with Crippen molar-refractivity contribution in [3.63, 3.8) is 0 Å². The van der Waals surface area contributed by atoms with Crippen molar-refractivity contribution in [1.82, 2.24) is 30.2 Å². The van der Waals surface area contributed by atoms with Crippen molar-refractivity contribution in [3.05, 3.63) is 201 Å². The lowest BCUT2D eigenvalue weighted by Crippen LogP contribution is -2.56. The lowest BCUT2D eigenvalue weighted by molar-refractivity contribution is 0.0896. The number of halogens is 2. The quantitative estimate of drug-likeness (QED) is 0.0863. The summed E-state index contributed by atoms with van der Waals surface area (Å²) in [6.07, 6.45) is 5.83. The first-order valence-corrected chi connectivity index (χ1v) is 28.8. The van der Waals surface area contributed by atoms with Crippen LogP contribution in [-0.2, 0) is 36.5 Å². The van der Waals surface area contributed by atoms with Crippen LogP contribution in [0.5, 0.6) is 11.5 Å². The van der Waals surface area contributed by atoms with Crippen LogP contribution in [0.3, 0.4) is 0 Å². The first kappa shape index (κ1) is 55.2. The molecule has 2 amide bonds. The largest absolute Gasteiger partial charge is 0.508 e. The third-order valence-corrected chi connectivity index (χ3v) is 18.4. The summed E-state index contributed by atoms with van der Waals surface area (Å²) >= 11 is 0. The lowest BCUT2D eigenvalue weighted by Gasteiger charge is -2.47. The average Bonchev–Trinajstić information content (AvgIpc) is 3.56. The maximum Gasteiger partial charge on any atom is 0.319 e. The van der Waals surface area contributed by atoms with Gasteiger partial charge in [0.2, 0.25) is 0 Å². The number of phenolic OH excluding ortho intramolecular Hbond substituents is 2. The minimum absolute atomic E-state index is 0.0665. The minimum Gasteiger partial charge on any atom is -0.508 e. The molecule has 0 spiro atoms. The zero-order valence-electron chi connectivity index (χ0n) is 46.8. The van der Waals surface area contributed by atoms with Crippen LogP contribution in [0.2, 0.25) is 0 Å². The van der Waals surface area contributed by atoms with Gasteiger partial charge in [-0.15, -0.1) is 0 Å². The van der Waals surface area contributed by atoms with E-state index in [-0.39, 0.29) is 52.1 Å². The molecule has 4 N–H and O–H groups in total. The predicted molar refractivity (Wildman–Crippen MR) is 309 cm³/mol. The molecule has 4 fully saturated rings. The Morgan fingerprint density at radius 2 is 0.936 bits per heavy atom. The van der Waals surface area contributed by atoms with Gasteiger partial charge in [-0.25, -0.2) is 13.6 Å². The normalized spacial score (nSPS) is 22.7. The molecule has 9 nitrogen and oxygen atoms in total. The zero-order valence-corrected chi connectivity index (χ0v) is 46.8. The Bertz CT molecular complexity index is 2840. The summed E-state index contributed by atoms with van der Waals surface area (Å²) < 4.78 is 28.1. The Morgan fingerprint density at radius 3 is 1.32 bits per heavy atom.